The van der Waals surface area contributed by atoms with Crippen LogP contribution in [0, 0.1) is 0 Å². The van der Waals surface area contributed by atoms with E-state index < -0.39 is 0 Å². The predicted octanol–water partition coefficient (Wildman–Crippen LogP) is 4.80. The number of nitrogens with zero attached hydrogens (tertiary/aromatic N) is 4. The first kappa shape index (κ1) is 17.7. The van der Waals surface area contributed by atoms with E-state index in [-0.39, 0.29) is 0 Å². The lowest BCUT2D eigenvalue weighted by molar-refractivity contribution is 0.614. The SMILES string of the molecule is C(=C\c1ccccc1)/CN(Cc1ccc(-c2ccccc2)cc1)n1cnnc1. The minimum Gasteiger partial charge on any atom is -0.302 e. The van der Waals surface area contributed by atoms with Crippen molar-refractivity contribution in [3.05, 3.63) is 115 Å². The third-order valence-electron chi connectivity index (χ3n) is 4.59. The monoisotopic (exact) mass is 366 g/mol. The predicted molar refractivity (Wildman–Crippen MR) is 114 cm³/mol. The smallest absolute Gasteiger partial charge is 0.139 e. The summed E-state index contributed by atoms with van der Waals surface area (Å²) in [5.74, 6) is 0. The van der Waals surface area contributed by atoms with Gasteiger partial charge in [0.2, 0.25) is 0 Å². The quantitative estimate of drug-likeness (QED) is 0.471. The Kier molecular flexibility index (Phi) is 5.59. The van der Waals surface area contributed by atoms with Gasteiger partial charge in [0.05, 0.1) is 13.1 Å². The van der Waals surface area contributed by atoms with Gasteiger partial charge >= 0.3 is 0 Å². The van der Waals surface area contributed by atoms with Crippen LogP contribution in [0.2, 0.25) is 0 Å². The van der Waals surface area contributed by atoms with Crippen molar-refractivity contribution in [2.45, 2.75) is 6.54 Å². The third kappa shape index (κ3) is 4.54. The van der Waals surface area contributed by atoms with Crippen molar-refractivity contribution >= 4 is 6.08 Å². The van der Waals surface area contributed by atoms with Crippen LogP contribution in [-0.4, -0.2) is 21.4 Å². The highest BCUT2D eigenvalue weighted by Gasteiger charge is 2.06. The molecule has 0 unspecified atom stereocenters. The van der Waals surface area contributed by atoms with Gasteiger partial charge in [0, 0.05) is 0 Å². The Morgan fingerprint density at radius 3 is 2.00 bits per heavy atom. The van der Waals surface area contributed by atoms with E-state index in [2.05, 4.69) is 88.0 Å². The van der Waals surface area contributed by atoms with Crippen molar-refractivity contribution in [3.8, 4) is 11.1 Å². The first-order chi connectivity index (χ1) is 13.9. The summed E-state index contributed by atoms with van der Waals surface area (Å²) in [5.41, 5.74) is 4.89. The molecule has 0 aliphatic carbocycles. The highest BCUT2D eigenvalue weighted by atomic mass is 15.6. The molecule has 4 nitrogen and oxygen atoms in total. The van der Waals surface area contributed by atoms with Crippen LogP contribution >= 0.6 is 0 Å². The molecule has 138 valence electrons. The fraction of sp³-hybridized carbons (Fsp3) is 0.0833. The first-order valence-electron chi connectivity index (χ1n) is 9.34. The van der Waals surface area contributed by atoms with Crippen LogP contribution in [-0.2, 0) is 6.54 Å². The minimum atomic E-state index is 0.757. The average molecular weight is 366 g/mol. The maximum Gasteiger partial charge on any atom is 0.139 e. The van der Waals surface area contributed by atoms with Crippen molar-refractivity contribution in [3.63, 3.8) is 0 Å². The van der Waals surface area contributed by atoms with Crippen LogP contribution < -0.4 is 5.01 Å². The Balaban J connectivity index is 1.47. The van der Waals surface area contributed by atoms with Gasteiger partial charge in [-0.25, -0.2) is 4.68 Å². The summed E-state index contributed by atoms with van der Waals surface area (Å²) < 4.78 is 1.93. The fourth-order valence-electron chi connectivity index (χ4n) is 3.10. The van der Waals surface area contributed by atoms with Crippen molar-refractivity contribution in [2.75, 3.05) is 11.6 Å². The molecule has 0 radical (unpaired) electrons. The van der Waals surface area contributed by atoms with Gasteiger partial charge in [0.1, 0.15) is 12.7 Å². The maximum absolute atomic E-state index is 3.95. The summed E-state index contributed by atoms with van der Waals surface area (Å²) in [6.07, 6.45) is 7.76. The van der Waals surface area contributed by atoms with Gasteiger partial charge in [-0.15, -0.1) is 10.2 Å². The Bertz CT molecular complexity index is 992. The highest BCUT2D eigenvalue weighted by molar-refractivity contribution is 5.63. The number of benzene rings is 3. The van der Waals surface area contributed by atoms with Crippen molar-refractivity contribution in [2.24, 2.45) is 0 Å². The van der Waals surface area contributed by atoms with E-state index >= 15 is 0 Å². The van der Waals surface area contributed by atoms with E-state index in [9.17, 15) is 0 Å². The molecular formula is C24H22N4. The second-order valence-corrected chi connectivity index (χ2v) is 6.57. The second-order valence-electron chi connectivity index (χ2n) is 6.57. The Morgan fingerprint density at radius 2 is 1.32 bits per heavy atom. The molecule has 1 heterocycles. The molecule has 1 aromatic heterocycles. The molecule has 4 aromatic rings. The van der Waals surface area contributed by atoms with Crippen molar-refractivity contribution in [1.29, 1.82) is 0 Å². The largest absolute Gasteiger partial charge is 0.302 e. The molecule has 0 atom stereocenters. The molecule has 0 bridgehead atoms. The Morgan fingerprint density at radius 1 is 0.714 bits per heavy atom. The van der Waals surface area contributed by atoms with Crippen LogP contribution in [0.5, 0.6) is 0 Å². The van der Waals surface area contributed by atoms with Gasteiger partial charge in [-0.3, -0.25) is 0 Å². The van der Waals surface area contributed by atoms with Gasteiger partial charge in [-0.1, -0.05) is 97.1 Å². The molecular weight excluding hydrogens is 344 g/mol. The molecule has 0 saturated heterocycles. The topological polar surface area (TPSA) is 34.0 Å². The van der Waals surface area contributed by atoms with E-state index in [4.69, 9.17) is 0 Å². The average Bonchev–Trinajstić information content (AvgIpc) is 3.30. The number of hydrogen-bond acceptors (Lipinski definition) is 3. The molecule has 0 saturated carbocycles. The summed E-state index contributed by atoms with van der Waals surface area (Å²) in [5, 5.41) is 10.1. The zero-order valence-electron chi connectivity index (χ0n) is 15.6. The van der Waals surface area contributed by atoms with Crippen LogP contribution in [0.3, 0.4) is 0 Å². The Labute approximate surface area is 165 Å². The number of aromatic nitrogens is 3. The fourth-order valence-corrected chi connectivity index (χ4v) is 3.10. The third-order valence-corrected chi connectivity index (χ3v) is 4.59. The minimum absolute atomic E-state index is 0.757. The van der Waals surface area contributed by atoms with E-state index in [0.717, 1.165) is 13.1 Å². The zero-order chi connectivity index (χ0) is 19.0. The van der Waals surface area contributed by atoms with E-state index in [1.165, 1.54) is 22.3 Å². The summed E-state index contributed by atoms with van der Waals surface area (Å²) in [6.45, 7) is 1.53. The van der Waals surface area contributed by atoms with E-state index in [1.807, 2.05) is 28.9 Å². The van der Waals surface area contributed by atoms with Crippen LogP contribution in [0.4, 0.5) is 0 Å². The van der Waals surface area contributed by atoms with Crippen LogP contribution in [0.25, 0.3) is 17.2 Å². The summed E-state index contributed by atoms with van der Waals surface area (Å²) in [4.78, 5) is 0. The zero-order valence-corrected chi connectivity index (χ0v) is 15.6. The molecule has 0 amide bonds. The summed E-state index contributed by atoms with van der Waals surface area (Å²) in [7, 11) is 0. The lowest BCUT2D eigenvalue weighted by Gasteiger charge is -2.23. The summed E-state index contributed by atoms with van der Waals surface area (Å²) in [6, 6.07) is 29.5. The molecule has 0 spiro atoms. The first-order valence-corrected chi connectivity index (χ1v) is 9.34. The van der Waals surface area contributed by atoms with Crippen molar-refractivity contribution in [1.82, 2.24) is 14.9 Å². The molecule has 0 aliphatic heterocycles. The van der Waals surface area contributed by atoms with Gasteiger partial charge in [0.25, 0.3) is 0 Å². The van der Waals surface area contributed by atoms with Crippen LogP contribution in [0.15, 0.2) is 104 Å². The van der Waals surface area contributed by atoms with Gasteiger partial charge in [-0.2, -0.15) is 0 Å². The number of hydrogen-bond donors (Lipinski definition) is 0. The van der Waals surface area contributed by atoms with Crippen molar-refractivity contribution < 1.29 is 0 Å². The number of rotatable bonds is 7. The van der Waals surface area contributed by atoms with Gasteiger partial charge in [0.15, 0.2) is 0 Å². The molecule has 0 N–H and O–H groups in total. The molecule has 4 rings (SSSR count). The molecule has 0 fully saturated rings. The lowest BCUT2D eigenvalue weighted by atomic mass is 10.0. The van der Waals surface area contributed by atoms with Crippen LogP contribution in [0.1, 0.15) is 11.1 Å². The standard InChI is InChI=1S/C24H22N4/c1-3-8-21(9-4-1)10-7-17-27(28-19-25-26-20-28)18-22-13-15-24(16-14-22)23-11-5-2-6-12-23/h1-16,19-20H,17-18H2/b10-7+. The highest BCUT2D eigenvalue weighted by Crippen LogP contribution is 2.19. The molecule has 28 heavy (non-hydrogen) atoms. The molecule has 3 aromatic carbocycles. The molecule has 0 aliphatic rings. The van der Waals surface area contributed by atoms with Gasteiger partial charge in [-0.05, 0) is 22.3 Å². The second kappa shape index (κ2) is 8.82. The lowest BCUT2D eigenvalue weighted by Crippen LogP contribution is -2.33. The van der Waals surface area contributed by atoms with E-state index in [1.54, 1.807) is 12.7 Å². The Hall–Kier alpha value is -3.66. The maximum atomic E-state index is 3.95. The van der Waals surface area contributed by atoms with E-state index in [0.29, 0.717) is 0 Å². The van der Waals surface area contributed by atoms with Gasteiger partial charge < -0.3 is 5.01 Å². The molecule has 4 heteroatoms. The normalized spacial score (nSPS) is 11.0. The summed E-state index contributed by atoms with van der Waals surface area (Å²) >= 11 is 0.